The summed E-state index contributed by atoms with van der Waals surface area (Å²) >= 11 is 1.73. The molecule has 1 nitrogen and oxygen atoms in total. The molecule has 3 aliphatic carbocycles. The van der Waals surface area contributed by atoms with E-state index < -0.39 is 15.5 Å². The third-order valence-electron chi connectivity index (χ3n) is 6.63. The van der Waals surface area contributed by atoms with Gasteiger partial charge in [0.05, 0.1) is 15.7 Å². The Bertz CT molecular complexity index is 1330. The molecule has 3 aromatic carbocycles. The number of hydrogen-bond donors (Lipinski definition) is 0. The lowest BCUT2D eigenvalue weighted by atomic mass is 9.59. The Morgan fingerprint density at radius 3 is 2.07 bits per heavy atom. The molecule has 0 amide bonds. The molecule has 1 atom stereocenters. The summed E-state index contributed by atoms with van der Waals surface area (Å²) in [4.78, 5) is 2.20. The van der Waals surface area contributed by atoms with Crippen molar-refractivity contribution in [1.82, 2.24) is 0 Å². The van der Waals surface area contributed by atoms with Crippen LogP contribution in [-0.2, 0) is 15.5 Å². The van der Waals surface area contributed by atoms with E-state index >= 15 is 0 Å². The summed E-state index contributed by atoms with van der Waals surface area (Å²) in [7, 11) is -1.17. The first-order chi connectivity index (χ1) is 14.3. The van der Waals surface area contributed by atoms with Gasteiger partial charge in [-0.2, -0.15) is 0 Å². The minimum Gasteiger partial charge on any atom is -0.253 e. The largest absolute Gasteiger partial charge is 0.253 e. The molecule has 4 aromatic rings. The Balaban J connectivity index is 1.74. The molecule has 3 heteroatoms. The average molecular weight is 409 g/mol. The van der Waals surface area contributed by atoms with Crippen molar-refractivity contribution in [2.45, 2.75) is 15.6 Å². The topological polar surface area (TPSA) is 17.1 Å². The number of allylic oxidation sites excluding steroid dienone is 1. The van der Waals surface area contributed by atoms with Gasteiger partial charge < -0.3 is 0 Å². The molecule has 2 heterocycles. The summed E-state index contributed by atoms with van der Waals surface area (Å²) in [6, 6.07) is 30.1. The van der Waals surface area contributed by atoms with E-state index in [1.165, 1.54) is 43.8 Å². The van der Waals surface area contributed by atoms with E-state index in [1.807, 2.05) is 0 Å². The van der Waals surface area contributed by atoms with Crippen molar-refractivity contribution in [3.05, 3.63) is 123 Å². The zero-order valence-corrected chi connectivity index (χ0v) is 17.1. The quantitative estimate of drug-likeness (QED) is 0.367. The van der Waals surface area contributed by atoms with E-state index in [4.69, 9.17) is 0 Å². The molecule has 1 aliphatic heterocycles. The Kier molecular flexibility index (Phi) is 3.02. The normalized spacial score (nSPS) is 25.4. The highest BCUT2D eigenvalue weighted by Crippen LogP contribution is 2.69. The fourth-order valence-corrected chi connectivity index (χ4v) is 9.05. The molecule has 0 N–H and O–H groups in total. The van der Waals surface area contributed by atoms with Crippen molar-refractivity contribution in [3.8, 4) is 0 Å². The first-order valence-corrected chi connectivity index (χ1v) is 11.8. The summed E-state index contributed by atoms with van der Waals surface area (Å²) in [6.45, 7) is 0. The minimum atomic E-state index is -1.17. The first kappa shape index (κ1) is 16.1. The summed E-state index contributed by atoms with van der Waals surface area (Å²) in [6.07, 6.45) is 0. The Morgan fingerprint density at radius 1 is 0.759 bits per heavy atom. The van der Waals surface area contributed by atoms with Crippen molar-refractivity contribution in [2.24, 2.45) is 0 Å². The van der Waals surface area contributed by atoms with Crippen LogP contribution >= 0.6 is 11.3 Å². The molecular formula is C26H16OS2. The van der Waals surface area contributed by atoms with E-state index in [0.717, 1.165) is 4.90 Å². The second-order valence-corrected chi connectivity index (χ2v) is 10.3. The van der Waals surface area contributed by atoms with Gasteiger partial charge in [-0.05, 0) is 44.8 Å². The smallest absolute Gasteiger partial charge is 0.128 e. The SMILES string of the molecule is O=S1c2ccsc2C2=C(c3ccccc3)C3c4ccccc4C21c1ccccc13. The van der Waals surface area contributed by atoms with Crippen molar-refractivity contribution >= 4 is 33.3 Å². The Hall–Kier alpha value is -2.75. The monoisotopic (exact) mass is 408 g/mol. The second-order valence-electron chi connectivity index (χ2n) is 7.83. The third kappa shape index (κ3) is 1.71. The van der Waals surface area contributed by atoms with Crippen LogP contribution in [0.15, 0.2) is 95.2 Å². The number of fused-ring (bicyclic) bond motifs is 1. The highest BCUT2D eigenvalue weighted by molar-refractivity contribution is 7.87. The van der Waals surface area contributed by atoms with Gasteiger partial charge in [0.1, 0.15) is 4.75 Å². The molecule has 0 saturated heterocycles. The molecule has 1 spiro atoms. The molecule has 0 fully saturated rings. The fraction of sp³-hybridized carbons (Fsp3) is 0.0769. The molecule has 1 aromatic heterocycles. The van der Waals surface area contributed by atoms with Crippen LogP contribution in [0.1, 0.15) is 38.6 Å². The second kappa shape index (κ2) is 5.44. The highest BCUT2D eigenvalue weighted by atomic mass is 32.2. The van der Waals surface area contributed by atoms with E-state index in [0.29, 0.717) is 0 Å². The molecule has 138 valence electrons. The highest BCUT2D eigenvalue weighted by Gasteiger charge is 2.61. The standard InChI is InChI=1S/C26H16OS2/c27-29-21-14-15-28-25(21)24-22(16-8-2-1-3-9-16)23-17-10-4-6-12-19(17)26(24,29)20-13-7-5-11-18(20)23/h1-15,23H. The van der Waals surface area contributed by atoms with E-state index in [2.05, 4.69) is 90.3 Å². The lowest BCUT2D eigenvalue weighted by molar-refractivity contribution is 0.665. The van der Waals surface area contributed by atoms with Gasteiger partial charge in [-0.3, -0.25) is 4.21 Å². The van der Waals surface area contributed by atoms with Gasteiger partial charge in [0.25, 0.3) is 0 Å². The Labute approximate surface area is 175 Å². The first-order valence-electron chi connectivity index (χ1n) is 9.82. The zero-order valence-electron chi connectivity index (χ0n) is 15.5. The van der Waals surface area contributed by atoms with Crippen LogP contribution in [0.25, 0.3) is 11.1 Å². The van der Waals surface area contributed by atoms with Crippen LogP contribution in [0.2, 0.25) is 0 Å². The maximum absolute atomic E-state index is 14.3. The molecule has 0 saturated carbocycles. The van der Waals surface area contributed by atoms with Crippen molar-refractivity contribution in [1.29, 1.82) is 0 Å². The van der Waals surface area contributed by atoms with Gasteiger partial charge in [-0.1, -0.05) is 78.9 Å². The predicted molar refractivity (Wildman–Crippen MR) is 119 cm³/mol. The molecule has 29 heavy (non-hydrogen) atoms. The molecule has 8 rings (SSSR count). The summed E-state index contributed by atoms with van der Waals surface area (Å²) in [5, 5.41) is 2.09. The van der Waals surface area contributed by atoms with E-state index in [1.54, 1.807) is 11.3 Å². The van der Waals surface area contributed by atoms with Crippen LogP contribution in [0.4, 0.5) is 0 Å². The summed E-state index contributed by atoms with van der Waals surface area (Å²) in [5.41, 5.74) is 8.89. The molecule has 0 radical (unpaired) electrons. The van der Waals surface area contributed by atoms with Crippen molar-refractivity contribution < 1.29 is 4.21 Å². The van der Waals surface area contributed by atoms with Crippen LogP contribution in [0, 0.1) is 0 Å². The van der Waals surface area contributed by atoms with Crippen LogP contribution < -0.4 is 0 Å². The van der Waals surface area contributed by atoms with Gasteiger partial charge >= 0.3 is 0 Å². The number of benzene rings is 3. The van der Waals surface area contributed by atoms with Crippen LogP contribution in [0.5, 0.6) is 0 Å². The summed E-state index contributed by atoms with van der Waals surface area (Å²) in [5.74, 6) is 0.173. The average Bonchev–Trinajstić information content (AvgIpc) is 3.36. The molecule has 2 bridgehead atoms. The fourth-order valence-electron chi connectivity index (χ4n) is 5.66. The van der Waals surface area contributed by atoms with Crippen molar-refractivity contribution in [2.75, 3.05) is 0 Å². The maximum Gasteiger partial charge on any atom is 0.128 e. The van der Waals surface area contributed by atoms with Gasteiger partial charge in [-0.15, -0.1) is 11.3 Å². The zero-order chi connectivity index (χ0) is 19.2. The molecule has 4 aliphatic rings. The van der Waals surface area contributed by atoms with Gasteiger partial charge in [-0.25, -0.2) is 0 Å². The van der Waals surface area contributed by atoms with Gasteiger partial charge in [0, 0.05) is 16.4 Å². The maximum atomic E-state index is 14.3. The molecular weight excluding hydrogens is 392 g/mol. The Morgan fingerprint density at radius 2 is 1.38 bits per heavy atom. The predicted octanol–water partition coefficient (Wildman–Crippen LogP) is 6.18. The lowest BCUT2D eigenvalue weighted by Gasteiger charge is -2.48. The van der Waals surface area contributed by atoms with Crippen LogP contribution in [0.3, 0.4) is 0 Å². The van der Waals surface area contributed by atoms with Crippen molar-refractivity contribution in [3.63, 3.8) is 0 Å². The van der Waals surface area contributed by atoms with Crippen LogP contribution in [-0.4, -0.2) is 4.21 Å². The number of hydrogen-bond acceptors (Lipinski definition) is 2. The third-order valence-corrected chi connectivity index (χ3v) is 9.63. The van der Waals surface area contributed by atoms with E-state index in [-0.39, 0.29) is 5.92 Å². The van der Waals surface area contributed by atoms with Gasteiger partial charge in [0.15, 0.2) is 0 Å². The summed E-state index contributed by atoms with van der Waals surface area (Å²) < 4.78 is 13.7. The minimum absolute atomic E-state index is 0.173. The lowest BCUT2D eigenvalue weighted by Crippen LogP contribution is -2.41. The van der Waals surface area contributed by atoms with Gasteiger partial charge in [0.2, 0.25) is 0 Å². The molecule has 1 unspecified atom stereocenters. The number of thiophene rings is 1. The van der Waals surface area contributed by atoms with E-state index in [9.17, 15) is 4.21 Å². The number of rotatable bonds is 1.